The summed E-state index contributed by atoms with van der Waals surface area (Å²) in [5.74, 6) is 0.146. The van der Waals surface area contributed by atoms with E-state index in [-0.39, 0.29) is 5.69 Å². The fraction of sp³-hybridized carbons (Fsp3) is 0.316. The molecular weight excluding hydrogens is 389 g/mol. The van der Waals surface area contributed by atoms with E-state index in [4.69, 9.17) is 0 Å². The SMILES string of the molecule is C[C@@H]1CCc2sc(C(=O)Nc3cc(C(F)(F)F)ccc3-n3cncn3)cc2C1. The molecule has 1 aliphatic rings. The highest BCUT2D eigenvalue weighted by Crippen LogP contribution is 2.35. The highest BCUT2D eigenvalue weighted by molar-refractivity contribution is 7.14. The molecule has 0 unspecified atom stereocenters. The number of thiophene rings is 1. The summed E-state index contributed by atoms with van der Waals surface area (Å²) in [5, 5.41) is 6.59. The van der Waals surface area contributed by atoms with Crippen LogP contribution >= 0.6 is 11.3 Å². The van der Waals surface area contributed by atoms with Gasteiger partial charge in [-0.1, -0.05) is 6.92 Å². The maximum Gasteiger partial charge on any atom is 0.416 e. The zero-order chi connectivity index (χ0) is 19.9. The van der Waals surface area contributed by atoms with Crippen LogP contribution in [0.4, 0.5) is 18.9 Å². The van der Waals surface area contributed by atoms with Crippen LogP contribution in [0.2, 0.25) is 0 Å². The van der Waals surface area contributed by atoms with E-state index < -0.39 is 17.6 Å². The summed E-state index contributed by atoms with van der Waals surface area (Å²) < 4.78 is 40.8. The Morgan fingerprint density at radius 3 is 2.86 bits per heavy atom. The molecule has 1 aliphatic carbocycles. The Labute approximate surface area is 163 Å². The monoisotopic (exact) mass is 406 g/mol. The molecule has 146 valence electrons. The molecule has 1 amide bonds. The van der Waals surface area contributed by atoms with Gasteiger partial charge in [-0.15, -0.1) is 11.3 Å². The van der Waals surface area contributed by atoms with Gasteiger partial charge < -0.3 is 5.32 Å². The first kappa shape index (κ1) is 18.7. The van der Waals surface area contributed by atoms with Crippen molar-refractivity contribution in [1.82, 2.24) is 14.8 Å². The van der Waals surface area contributed by atoms with Gasteiger partial charge in [0.1, 0.15) is 12.7 Å². The quantitative estimate of drug-likeness (QED) is 0.684. The van der Waals surface area contributed by atoms with Gasteiger partial charge in [-0.3, -0.25) is 4.79 Å². The molecule has 9 heteroatoms. The van der Waals surface area contributed by atoms with Crippen molar-refractivity contribution in [2.75, 3.05) is 5.32 Å². The lowest BCUT2D eigenvalue weighted by Gasteiger charge is -2.16. The number of halogens is 3. The molecule has 0 bridgehead atoms. The highest BCUT2D eigenvalue weighted by Gasteiger charge is 2.31. The van der Waals surface area contributed by atoms with E-state index in [1.165, 1.54) is 39.6 Å². The molecule has 1 N–H and O–H groups in total. The zero-order valence-corrected chi connectivity index (χ0v) is 15.8. The van der Waals surface area contributed by atoms with Crippen molar-refractivity contribution in [3.63, 3.8) is 0 Å². The second-order valence-corrected chi connectivity index (χ2v) is 8.07. The molecule has 1 aromatic carbocycles. The molecule has 3 aromatic rings. The van der Waals surface area contributed by atoms with E-state index in [9.17, 15) is 18.0 Å². The Hall–Kier alpha value is -2.68. The average molecular weight is 406 g/mol. The van der Waals surface area contributed by atoms with Crippen LogP contribution in [0.3, 0.4) is 0 Å². The van der Waals surface area contributed by atoms with Crippen molar-refractivity contribution in [2.45, 2.75) is 32.4 Å². The number of anilines is 1. The predicted molar refractivity (Wildman–Crippen MR) is 99.8 cm³/mol. The van der Waals surface area contributed by atoms with Crippen LogP contribution in [-0.4, -0.2) is 20.7 Å². The minimum absolute atomic E-state index is 0.0325. The summed E-state index contributed by atoms with van der Waals surface area (Å²) >= 11 is 1.41. The van der Waals surface area contributed by atoms with Gasteiger partial charge >= 0.3 is 6.18 Å². The number of rotatable bonds is 3. The van der Waals surface area contributed by atoms with Crippen molar-refractivity contribution in [1.29, 1.82) is 0 Å². The van der Waals surface area contributed by atoms with Crippen molar-refractivity contribution < 1.29 is 18.0 Å². The number of carbonyl (C=O) groups excluding carboxylic acids is 1. The molecule has 0 radical (unpaired) electrons. The van der Waals surface area contributed by atoms with Gasteiger partial charge in [0.15, 0.2) is 0 Å². The third-order valence-electron chi connectivity index (χ3n) is 4.79. The van der Waals surface area contributed by atoms with Crippen molar-refractivity contribution in [3.05, 3.63) is 57.8 Å². The third kappa shape index (κ3) is 3.66. The summed E-state index contributed by atoms with van der Waals surface area (Å²) in [6, 6.07) is 5.00. The van der Waals surface area contributed by atoms with Gasteiger partial charge in [-0.05, 0) is 55.0 Å². The molecule has 2 aromatic heterocycles. The van der Waals surface area contributed by atoms with Crippen molar-refractivity contribution >= 4 is 22.9 Å². The maximum absolute atomic E-state index is 13.1. The first-order chi connectivity index (χ1) is 13.3. The molecular formula is C19H17F3N4OS. The van der Waals surface area contributed by atoms with Gasteiger partial charge in [-0.25, -0.2) is 9.67 Å². The second-order valence-electron chi connectivity index (χ2n) is 6.93. The lowest BCUT2D eigenvalue weighted by molar-refractivity contribution is -0.137. The van der Waals surface area contributed by atoms with Gasteiger partial charge in [0, 0.05) is 4.88 Å². The number of amides is 1. The minimum atomic E-state index is -4.52. The number of fused-ring (bicyclic) bond motifs is 1. The number of alkyl halides is 3. The normalized spacial score (nSPS) is 16.6. The standard InChI is InChI=1S/C19H17F3N4OS/c1-11-2-5-16-12(6-11)7-17(28-16)18(27)25-14-8-13(19(20,21)22)3-4-15(14)26-10-23-9-24-26/h3-4,7-11H,2,5-6H2,1H3,(H,25,27)/t11-/m1/s1. The van der Waals surface area contributed by atoms with Crippen LogP contribution in [0.5, 0.6) is 0 Å². The molecule has 5 nitrogen and oxygen atoms in total. The molecule has 4 rings (SSSR count). The lowest BCUT2D eigenvalue weighted by Crippen LogP contribution is -2.15. The lowest BCUT2D eigenvalue weighted by atomic mass is 9.90. The Balaban J connectivity index is 1.67. The number of hydrogen-bond acceptors (Lipinski definition) is 4. The van der Waals surface area contributed by atoms with Gasteiger partial charge in [-0.2, -0.15) is 18.3 Å². The summed E-state index contributed by atoms with van der Waals surface area (Å²) in [4.78, 5) is 18.3. The molecule has 0 fully saturated rings. The Morgan fingerprint density at radius 1 is 1.32 bits per heavy atom. The first-order valence-corrected chi connectivity index (χ1v) is 9.62. The topological polar surface area (TPSA) is 59.8 Å². The first-order valence-electron chi connectivity index (χ1n) is 8.80. The van der Waals surface area contributed by atoms with Gasteiger partial charge in [0.2, 0.25) is 0 Å². The van der Waals surface area contributed by atoms with Crippen LogP contribution in [0, 0.1) is 5.92 Å². The highest BCUT2D eigenvalue weighted by atomic mass is 32.1. The molecule has 0 aliphatic heterocycles. The average Bonchev–Trinajstić information content (AvgIpc) is 3.30. The Bertz CT molecular complexity index is 1010. The minimum Gasteiger partial charge on any atom is -0.319 e. The van der Waals surface area contributed by atoms with Crippen LogP contribution in [0.25, 0.3) is 5.69 Å². The van der Waals surface area contributed by atoms with E-state index in [1.54, 1.807) is 0 Å². The fourth-order valence-electron chi connectivity index (χ4n) is 3.35. The number of carbonyl (C=O) groups is 1. The van der Waals surface area contributed by atoms with E-state index in [0.29, 0.717) is 16.5 Å². The second kappa shape index (κ2) is 7.05. The summed E-state index contributed by atoms with van der Waals surface area (Å²) in [6.07, 6.45) is 1.06. The molecule has 0 saturated carbocycles. The number of aromatic nitrogens is 3. The molecule has 0 spiro atoms. The number of nitrogens with one attached hydrogen (secondary N) is 1. The van der Waals surface area contributed by atoms with Crippen LogP contribution in [0.15, 0.2) is 36.9 Å². The van der Waals surface area contributed by atoms with E-state index in [0.717, 1.165) is 37.0 Å². The van der Waals surface area contributed by atoms with E-state index in [1.807, 2.05) is 6.07 Å². The Kier molecular flexibility index (Phi) is 4.70. The number of nitrogens with zero attached hydrogens (tertiary/aromatic N) is 3. The fourth-order valence-corrected chi connectivity index (χ4v) is 4.45. The summed E-state index contributed by atoms with van der Waals surface area (Å²) in [5.41, 5.74) is 0.666. The zero-order valence-electron chi connectivity index (χ0n) is 15.0. The molecule has 0 saturated heterocycles. The summed E-state index contributed by atoms with van der Waals surface area (Å²) in [6.45, 7) is 2.17. The third-order valence-corrected chi connectivity index (χ3v) is 6.03. The van der Waals surface area contributed by atoms with Crippen LogP contribution < -0.4 is 5.32 Å². The summed E-state index contributed by atoms with van der Waals surface area (Å²) in [7, 11) is 0. The largest absolute Gasteiger partial charge is 0.416 e. The predicted octanol–water partition coefficient (Wildman–Crippen LogP) is 4.72. The van der Waals surface area contributed by atoms with Crippen molar-refractivity contribution in [2.24, 2.45) is 5.92 Å². The number of hydrogen-bond donors (Lipinski definition) is 1. The van der Waals surface area contributed by atoms with Gasteiger partial charge in [0.25, 0.3) is 5.91 Å². The Morgan fingerprint density at radius 2 is 2.14 bits per heavy atom. The van der Waals surface area contributed by atoms with Crippen LogP contribution in [0.1, 0.15) is 39.0 Å². The van der Waals surface area contributed by atoms with Crippen LogP contribution in [-0.2, 0) is 19.0 Å². The van der Waals surface area contributed by atoms with E-state index >= 15 is 0 Å². The maximum atomic E-state index is 13.1. The number of aryl methyl sites for hydroxylation is 1. The van der Waals surface area contributed by atoms with Crippen molar-refractivity contribution in [3.8, 4) is 5.69 Å². The smallest absolute Gasteiger partial charge is 0.319 e. The van der Waals surface area contributed by atoms with Gasteiger partial charge in [0.05, 0.1) is 21.8 Å². The molecule has 2 heterocycles. The molecule has 1 atom stereocenters. The van der Waals surface area contributed by atoms with E-state index in [2.05, 4.69) is 22.3 Å². The number of benzene rings is 1. The molecule has 28 heavy (non-hydrogen) atoms.